The van der Waals surface area contributed by atoms with E-state index in [4.69, 9.17) is 0 Å². The summed E-state index contributed by atoms with van der Waals surface area (Å²) in [7, 11) is 2.10. The third kappa shape index (κ3) is 1.09. The van der Waals surface area contributed by atoms with Crippen molar-refractivity contribution in [2.45, 2.75) is 6.42 Å². The van der Waals surface area contributed by atoms with Gasteiger partial charge in [0.05, 0.1) is 5.69 Å². The van der Waals surface area contributed by atoms with Gasteiger partial charge in [0.15, 0.2) is 6.29 Å². The fourth-order valence-corrected chi connectivity index (χ4v) is 2.36. The average molecular weight is 200 g/mol. The van der Waals surface area contributed by atoms with Gasteiger partial charge in [0.1, 0.15) is 0 Å². The summed E-state index contributed by atoms with van der Waals surface area (Å²) in [6.45, 7) is 1.07. The molecule has 0 unspecified atom stereocenters. The van der Waals surface area contributed by atoms with E-state index in [2.05, 4.69) is 23.0 Å². The number of anilines is 1. The van der Waals surface area contributed by atoms with Crippen LogP contribution in [-0.2, 0) is 6.42 Å². The summed E-state index contributed by atoms with van der Waals surface area (Å²) >= 11 is 0. The van der Waals surface area contributed by atoms with Crippen LogP contribution < -0.4 is 4.90 Å². The monoisotopic (exact) mass is 200 g/mol. The van der Waals surface area contributed by atoms with Crippen molar-refractivity contribution in [3.63, 3.8) is 0 Å². The van der Waals surface area contributed by atoms with Crippen molar-refractivity contribution in [1.82, 2.24) is 4.98 Å². The Morgan fingerprint density at radius 1 is 1.47 bits per heavy atom. The average Bonchev–Trinajstić information content (AvgIpc) is 2.81. The number of aldehydes is 1. The van der Waals surface area contributed by atoms with Gasteiger partial charge in [-0.15, -0.1) is 0 Å². The van der Waals surface area contributed by atoms with Gasteiger partial charge in [-0.1, -0.05) is 0 Å². The van der Waals surface area contributed by atoms with Crippen LogP contribution in [0.15, 0.2) is 18.2 Å². The highest BCUT2D eigenvalue weighted by atomic mass is 16.1. The Hall–Kier alpha value is -1.77. The van der Waals surface area contributed by atoms with Crippen LogP contribution >= 0.6 is 0 Å². The van der Waals surface area contributed by atoms with Crippen molar-refractivity contribution >= 4 is 22.9 Å². The number of aromatic nitrogens is 1. The van der Waals surface area contributed by atoms with E-state index in [0.29, 0.717) is 5.69 Å². The Bertz CT molecular complexity index is 542. The summed E-state index contributed by atoms with van der Waals surface area (Å²) in [5.74, 6) is 0. The van der Waals surface area contributed by atoms with Crippen LogP contribution in [0.5, 0.6) is 0 Å². The molecule has 0 radical (unpaired) electrons. The molecule has 0 bridgehead atoms. The number of likely N-dealkylation sites (N-methyl/N-ethyl adjacent to an activating group) is 1. The molecule has 2 heterocycles. The minimum Gasteiger partial charge on any atom is -0.374 e. The van der Waals surface area contributed by atoms with Crippen molar-refractivity contribution in [3.8, 4) is 0 Å². The van der Waals surface area contributed by atoms with Gasteiger partial charge in [-0.2, -0.15) is 0 Å². The number of nitrogens with one attached hydrogen (secondary N) is 1. The second kappa shape index (κ2) is 2.86. The Morgan fingerprint density at radius 2 is 2.33 bits per heavy atom. The van der Waals surface area contributed by atoms with Gasteiger partial charge >= 0.3 is 0 Å². The van der Waals surface area contributed by atoms with Gasteiger partial charge in [-0.25, -0.2) is 0 Å². The van der Waals surface area contributed by atoms with Gasteiger partial charge in [0.25, 0.3) is 0 Å². The molecule has 0 spiro atoms. The largest absolute Gasteiger partial charge is 0.374 e. The summed E-state index contributed by atoms with van der Waals surface area (Å²) in [5, 5.41) is 1.19. The number of H-pyrrole nitrogens is 1. The molecular weight excluding hydrogens is 188 g/mol. The van der Waals surface area contributed by atoms with Gasteiger partial charge in [-0.05, 0) is 30.2 Å². The molecular formula is C12H12N2O. The Morgan fingerprint density at radius 3 is 3.13 bits per heavy atom. The van der Waals surface area contributed by atoms with Crippen LogP contribution in [0.4, 0.5) is 5.69 Å². The highest BCUT2D eigenvalue weighted by molar-refractivity contribution is 5.94. The highest BCUT2D eigenvalue weighted by Gasteiger charge is 2.18. The van der Waals surface area contributed by atoms with E-state index in [1.807, 2.05) is 12.1 Å². The molecule has 1 N–H and O–H groups in total. The molecule has 2 aromatic rings. The molecule has 0 amide bonds. The van der Waals surface area contributed by atoms with E-state index in [0.717, 1.165) is 24.8 Å². The van der Waals surface area contributed by atoms with Gasteiger partial charge in [0.2, 0.25) is 0 Å². The molecule has 0 saturated heterocycles. The smallest absolute Gasteiger partial charge is 0.166 e. The van der Waals surface area contributed by atoms with Crippen molar-refractivity contribution in [3.05, 3.63) is 29.5 Å². The van der Waals surface area contributed by atoms with Crippen molar-refractivity contribution < 1.29 is 4.79 Å². The highest BCUT2D eigenvalue weighted by Crippen LogP contribution is 2.33. The molecule has 76 valence electrons. The zero-order valence-electron chi connectivity index (χ0n) is 8.58. The number of fused-ring (bicyclic) bond motifs is 3. The summed E-state index contributed by atoms with van der Waals surface area (Å²) in [6, 6.07) is 6.11. The Balaban J connectivity index is 2.33. The molecule has 3 heteroatoms. The lowest BCUT2D eigenvalue weighted by Gasteiger charge is -2.11. The second-order valence-corrected chi connectivity index (χ2v) is 4.04. The van der Waals surface area contributed by atoms with Crippen LogP contribution in [0.1, 0.15) is 16.1 Å². The van der Waals surface area contributed by atoms with E-state index in [1.165, 1.54) is 16.6 Å². The lowest BCUT2D eigenvalue weighted by Crippen LogP contribution is -2.12. The summed E-state index contributed by atoms with van der Waals surface area (Å²) in [5.41, 5.74) is 4.37. The zero-order valence-corrected chi connectivity index (χ0v) is 8.58. The molecule has 0 aliphatic carbocycles. The fourth-order valence-electron chi connectivity index (χ4n) is 2.36. The minimum absolute atomic E-state index is 0.660. The number of rotatable bonds is 1. The molecule has 3 nitrogen and oxygen atoms in total. The van der Waals surface area contributed by atoms with E-state index < -0.39 is 0 Å². The number of aromatic amines is 1. The first-order valence-corrected chi connectivity index (χ1v) is 5.10. The normalized spacial score (nSPS) is 14.6. The third-order valence-corrected chi connectivity index (χ3v) is 3.15. The van der Waals surface area contributed by atoms with Gasteiger partial charge in [0, 0.05) is 30.2 Å². The molecule has 1 aliphatic rings. The Labute approximate surface area is 87.7 Å². The topological polar surface area (TPSA) is 36.1 Å². The molecule has 15 heavy (non-hydrogen) atoms. The van der Waals surface area contributed by atoms with E-state index in [9.17, 15) is 4.79 Å². The SMILES string of the molecule is CN1CCc2c1ccc1[nH]c(C=O)cc21. The van der Waals surface area contributed by atoms with E-state index in [-0.39, 0.29) is 0 Å². The minimum atomic E-state index is 0.660. The summed E-state index contributed by atoms with van der Waals surface area (Å²) in [4.78, 5) is 16.1. The van der Waals surface area contributed by atoms with E-state index >= 15 is 0 Å². The first kappa shape index (κ1) is 8.53. The predicted octanol–water partition coefficient (Wildman–Crippen LogP) is 1.97. The van der Waals surface area contributed by atoms with Crippen LogP contribution in [0.2, 0.25) is 0 Å². The predicted molar refractivity (Wildman–Crippen MR) is 60.7 cm³/mol. The number of hydrogen-bond acceptors (Lipinski definition) is 2. The lowest BCUT2D eigenvalue weighted by atomic mass is 10.1. The van der Waals surface area contributed by atoms with Crippen LogP contribution in [-0.4, -0.2) is 24.9 Å². The maximum atomic E-state index is 10.7. The third-order valence-electron chi connectivity index (χ3n) is 3.15. The molecule has 0 atom stereocenters. The summed E-state index contributed by atoms with van der Waals surface area (Å²) in [6.07, 6.45) is 1.93. The number of hydrogen-bond donors (Lipinski definition) is 1. The number of carbonyl (C=O) groups excluding carboxylic acids is 1. The zero-order chi connectivity index (χ0) is 10.4. The van der Waals surface area contributed by atoms with Crippen LogP contribution in [0.3, 0.4) is 0 Å². The number of benzene rings is 1. The maximum Gasteiger partial charge on any atom is 0.166 e. The van der Waals surface area contributed by atoms with Gasteiger partial charge in [-0.3, -0.25) is 4.79 Å². The van der Waals surface area contributed by atoms with E-state index in [1.54, 1.807) is 0 Å². The molecule has 1 aromatic heterocycles. The maximum absolute atomic E-state index is 10.7. The van der Waals surface area contributed by atoms with Crippen molar-refractivity contribution in [1.29, 1.82) is 0 Å². The first-order valence-electron chi connectivity index (χ1n) is 5.10. The standard InChI is InChI=1S/C12H12N2O/c1-14-5-4-9-10-6-8(7-15)13-11(10)2-3-12(9)14/h2-3,6-7,13H,4-5H2,1H3. The fraction of sp³-hybridized carbons (Fsp3) is 0.250. The van der Waals surface area contributed by atoms with Crippen molar-refractivity contribution in [2.75, 3.05) is 18.5 Å². The first-order chi connectivity index (χ1) is 7.29. The van der Waals surface area contributed by atoms with Crippen LogP contribution in [0, 0.1) is 0 Å². The lowest BCUT2D eigenvalue weighted by molar-refractivity contribution is 0.112. The molecule has 0 saturated carbocycles. The Kier molecular flexibility index (Phi) is 1.63. The quantitative estimate of drug-likeness (QED) is 0.714. The van der Waals surface area contributed by atoms with Crippen molar-refractivity contribution in [2.24, 2.45) is 0 Å². The summed E-state index contributed by atoms with van der Waals surface area (Å²) < 4.78 is 0. The number of carbonyl (C=O) groups is 1. The molecule has 0 fully saturated rings. The van der Waals surface area contributed by atoms with Crippen LogP contribution in [0.25, 0.3) is 10.9 Å². The second-order valence-electron chi connectivity index (χ2n) is 4.04. The number of nitrogens with zero attached hydrogens (tertiary/aromatic N) is 1. The van der Waals surface area contributed by atoms with Gasteiger partial charge < -0.3 is 9.88 Å². The molecule has 1 aliphatic heterocycles. The molecule has 1 aromatic carbocycles. The molecule has 3 rings (SSSR count).